The first-order valence-electron chi connectivity index (χ1n) is 7.75. The fraction of sp³-hybridized carbons (Fsp3) is 0.875. The SMILES string of the molecule is C=CC(N)CC.CCCCCCCCCCNC. The summed E-state index contributed by atoms with van der Waals surface area (Å²) in [4.78, 5) is 0. The molecule has 3 N–H and O–H groups in total. The molecule has 2 heteroatoms. The Labute approximate surface area is 115 Å². The van der Waals surface area contributed by atoms with Gasteiger partial charge in [0.05, 0.1) is 0 Å². The van der Waals surface area contributed by atoms with Gasteiger partial charge < -0.3 is 11.1 Å². The molecule has 0 aromatic heterocycles. The van der Waals surface area contributed by atoms with Crippen LogP contribution in [0.4, 0.5) is 0 Å². The number of unbranched alkanes of at least 4 members (excludes halogenated alkanes) is 7. The molecule has 1 unspecified atom stereocenters. The zero-order valence-corrected chi connectivity index (χ0v) is 13.0. The summed E-state index contributed by atoms with van der Waals surface area (Å²) < 4.78 is 0. The van der Waals surface area contributed by atoms with E-state index in [-0.39, 0.29) is 6.04 Å². The Hall–Kier alpha value is -0.340. The Morgan fingerprint density at radius 3 is 1.83 bits per heavy atom. The molecule has 0 rings (SSSR count). The lowest BCUT2D eigenvalue weighted by molar-refractivity contribution is 0.567. The summed E-state index contributed by atoms with van der Waals surface area (Å²) in [5.41, 5.74) is 5.35. The van der Waals surface area contributed by atoms with Crippen LogP contribution in [-0.2, 0) is 0 Å². The summed E-state index contributed by atoms with van der Waals surface area (Å²) in [6.07, 6.45) is 14.1. The van der Waals surface area contributed by atoms with Crippen molar-refractivity contribution in [1.29, 1.82) is 0 Å². The molecule has 0 radical (unpaired) electrons. The summed E-state index contributed by atoms with van der Waals surface area (Å²) in [7, 11) is 2.03. The van der Waals surface area contributed by atoms with Crippen LogP contribution in [0.5, 0.6) is 0 Å². The monoisotopic (exact) mass is 256 g/mol. The second kappa shape index (κ2) is 19.0. The van der Waals surface area contributed by atoms with Crippen molar-refractivity contribution in [2.24, 2.45) is 5.73 Å². The molecule has 2 nitrogen and oxygen atoms in total. The normalized spacial score (nSPS) is 11.6. The van der Waals surface area contributed by atoms with Crippen LogP contribution in [0.2, 0.25) is 0 Å². The molecule has 0 aromatic rings. The third-order valence-corrected chi connectivity index (χ3v) is 3.05. The van der Waals surface area contributed by atoms with E-state index in [0.29, 0.717) is 0 Å². The molecule has 0 spiro atoms. The van der Waals surface area contributed by atoms with E-state index in [1.54, 1.807) is 6.08 Å². The van der Waals surface area contributed by atoms with Crippen LogP contribution < -0.4 is 11.1 Å². The van der Waals surface area contributed by atoms with Gasteiger partial charge in [0, 0.05) is 6.04 Å². The number of hydrogen-bond donors (Lipinski definition) is 2. The molecule has 0 aliphatic heterocycles. The highest BCUT2D eigenvalue weighted by atomic mass is 14.8. The molecule has 0 fully saturated rings. The lowest BCUT2D eigenvalue weighted by atomic mass is 10.1. The molecule has 0 heterocycles. The maximum absolute atomic E-state index is 5.35. The van der Waals surface area contributed by atoms with Gasteiger partial charge in [-0.15, -0.1) is 6.58 Å². The molecule has 0 aliphatic carbocycles. The van der Waals surface area contributed by atoms with Crippen LogP contribution in [0.1, 0.15) is 71.6 Å². The minimum Gasteiger partial charge on any atom is -0.324 e. The van der Waals surface area contributed by atoms with Crippen molar-refractivity contribution in [3.63, 3.8) is 0 Å². The topological polar surface area (TPSA) is 38.0 Å². The molecule has 0 saturated heterocycles. The van der Waals surface area contributed by atoms with Gasteiger partial charge in [-0.3, -0.25) is 0 Å². The van der Waals surface area contributed by atoms with Gasteiger partial charge >= 0.3 is 0 Å². The van der Waals surface area contributed by atoms with E-state index in [4.69, 9.17) is 5.73 Å². The smallest absolute Gasteiger partial charge is 0.0218 e. The Balaban J connectivity index is 0. The lowest BCUT2D eigenvalue weighted by Crippen LogP contribution is -2.13. The van der Waals surface area contributed by atoms with Crippen molar-refractivity contribution >= 4 is 0 Å². The van der Waals surface area contributed by atoms with E-state index >= 15 is 0 Å². The van der Waals surface area contributed by atoms with Gasteiger partial charge in [0.1, 0.15) is 0 Å². The van der Waals surface area contributed by atoms with Crippen molar-refractivity contribution in [3.05, 3.63) is 12.7 Å². The number of nitrogens with two attached hydrogens (primary N) is 1. The fourth-order valence-electron chi connectivity index (χ4n) is 1.60. The van der Waals surface area contributed by atoms with E-state index in [9.17, 15) is 0 Å². The highest BCUT2D eigenvalue weighted by molar-refractivity contribution is 4.79. The Kier molecular flexibility index (Phi) is 21.1. The van der Waals surface area contributed by atoms with Crippen LogP contribution in [0, 0.1) is 0 Å². The van der Waals surface area contributed by atoms with Crippen LogP contribution in [0.15, 0.2) is 12.7 Å². The average molecular weight is 256 g/mol. The van der Waals surface area contributed by atoms with Crippen LogP contribution >= 0.6 is 0 Å². The summed E-state index contributed by atoms with van der Waals surface area (Å²) in [5, 5.41) is 3.18. The lowest BCUT2D eigenvalue weighted by Gasteiger charge is -2.00. The standard InChI is InChI=1S/C11H25N.C5H11N/c1-3-4-5-6-7-8-9-10-11-12-2;1-3-5(6)4-2/h12H,3-11H2,1-2H3;3,5H,1,4,6H2,2H3. The Morgan fingerprint density at radius 1 is 1.00 bits per heavy atom. The van der Waals surface area contributed by atoms with Crippen molar-refractivity contribution in [3.8, 4) is 0 Å². The maximum atomic E-state index is 5.35. The zero-order chi connectivity index (χ0) is 14.1. The first-order valence-corrected chi connectivity index (χ1v) is 7.75. The van der Waals surface area contributed by atoms with Gasteiger partial charge in [0.25, 0.3) is 0 Å². The molecule has 1 atom stereocenters. The highest BCUT2D eigenvalue weighted by Crippen LogP contribution is 2.07. The van der Waals surface area contributed by atoms with E-state index in [1.807, 2.05) is 14.0 Å². The molecule has 0 saturated carbocycles. The molecule has 18 heavy (non-hydrogen) atoms. The number of nitrogens with one attached hydrogen (secondary N) is 1. The summed E-state index contributed by atoms with van der Waals surface area (Å²) in [6, 6.07) is 0.199. The van der Waals surface area contributed by atoms with Crippen molar-refractivity contribution in [2.45, 2.75) is 77.7 Å². The van der Waals surface area contributed by atoms with Crippen LogP contribution in [0.3, 0.4) is 0 Å². The molecule has 110 valence electrons. The minimum absolute atomic E-state index is 0.199. The zero-order valence-electron chi connectivity index (χ0n) is 13.0. The predicted octanol–water partition coefficient (Wildman–Crippen LogP) is 4.26. The van der Waals surface area contributed by atoms with Crippen molar-refractivity contribution in [1.82, 2.24) is 5.32 Å². The van der Waals surface area contributed by atoms with E-state index in [2.05, 4.69) is 18.8 Å². The Morgan fingerprint density at radius 2 is 1.50 bits per heavy atom. The second-order valence-corrected chi connectivity index (χ2v) is 4.89. The van der Waals surface area contributed by atoms with E-state index in [1.165, 1.54) is 57.9 Å². The molecular formula is C16H36N2. The van der Waals surface area contributed by atoms with E-state index < -0.39 is 0 Å². The van der Waals surface area contributed by atoms with Gasteiger partial charge in [-0.05, 0) is 26.4 Å². The van der Waals surface area contributed by atoms with Crippen molar-refractivity contribution < 1.29 is 0 Å². The van der Waals surface area contributed by atoms with Gasteiger partial charge in [-0.2, -0.15) is 0 Å². The van der Waals surface area contributed by atoms with Gasteiger partial charge in [-0.1, -0.05) is 64.9 Å². The molecule has 0 amide bonds. The van der Waals surface area contributed by atoms with E-state index in [0.717, 1.165) is 6.42 Å². The van der Waals surface area contributed by atoms with Gasteiger partial charge in [0.2, 0.25) is 0 Å². The molecule has 0 aromatic carbocycles. The third-order valence-electron chi connectivity index (χ3n) is 3.05. The first-order chi connectivity index (χ1) is 8.72. The second-order valence-electron chi connectivity index (χ2n) is 4.89. The molecule has 0 bridgehead atoms. The average Bonchev–Trinajstić information content (AvgIpc) is 2.41. The van der Waals surface area contributed by atoms with Crippen LogP contribution in [-0.4, -0.2) is 19.6 Å². The van der Waals surface area contributed by atoms with Crippen molar-refractivity contribution in [2.75, 3.05) is 13.6 Å². The summed E-state index contributed by atoms with van der Waals surface area (Å²) >= 11 is 0. The summed E-state index contributed by atoms with van der Waals surface area (Å²) in [6.45, 7) is 9.00. The maximum Gasteiger partial charge on any atom is 0.0218 e. The fourth-order valence-corrected chi connectivity index (χ4v) is 1.60. The number of hydrogen-bond acceptors (Lipinski definition) is 2. The number of rotatable bonds is 11. The van der Waals surface area contributed by atoms with Crippen LogP contribution in [0.25, 0.3) is 0 Å². The molecular weight excluding hydrogens is 220 g/mol. The Bertz CT molecular complexity index is 136. The predicted molar refractivity (Wildman–Crippen MR) is 85.0 cm³/mol. The first kappa shape index (κ1) is 20.0. The largest absolute Gasteiger partial charge is 0.324 e. The quantitative estimate of drug-likeness (QED) is 0.428. The van der Waals surface area contributed by atoms with Gasteiger partial charge in [-0.25, -0.2) is 0 Å². The van der Waals surface area contributed by atoms with Gasteiger partial charge in [0.15, 0.2) is 0 Å². The summed E-state index contributed by atoms with van der Waals surface area (Å²) in [5.74, 6) is 0. The molecule has 0 aliphatic rings. The minimum atomic E-state index is 0.199. The highest BCUT2D eigenvalue weighted by Gasteiger charge is 1.89. The third kappa shape index (κ3) is 21.0.